The van der Waals surface area contributed by atoms with E-state index in [9.17, 15) is 0 Å². The fraction of sp³-hybridized carbons (Fsp3) is 0.333. The SMILES string of the molecule is CC1=C(c2ccccc2[C](C)(C)[Ti][NH]c2c(C)cc(C)cc2C)CC=C1. The van der Waals surface area contributed by atoms with E-state index in [1.165, 1.54) is 44.7 Å². The van der Waals surface area contributed by atoms with Crippen molar-refractivity contribution in [3.63, 3.8) is 0 Å². The molecule has 0 amide bonds. The van der Waals surface area contributed by atoms with Crippen molar-refractivity contribution in [1.82, 2.24) is 0 Å². The molecule has 1 nitrogen and oxygen atoms in total. The number of benzene rings is 2. The Hall–Kier alpha value is -1.57. The van der Waals surface area contributed by atoms with Crippen LogP contribution in [-0.4, -0.2) is 0 Å². The molecule has 0 aromatic heterocycles. The summed E-state index contributed by atoms with van der Waals surface area (Å²) in [5.74, 6) is 0. The molecule has 0 fully saturated rings. The standard InChI is InChI=1S/C15H17.C9H12N.Ti/c1-11(2)13-8-4-5-9-15(13)14-10-6-7-12(14)3;1-6-4-7(2)9(10)8(3)5-6;/h4-9H,10H2,1-3H3;4-5,10H,1-3H3;/q;-1;+1. The third kappa shape index (κ3) is 3.90. The van der Waals surface area contributed by atoms with Gasteiger partial charge in [0.05, 0.1) is 0 Å². The van der Waals surface area contributed by atoms with Crippen molar-refractivity contribution >= 4 is 11.3 Å². The van der Waals surface area contributed by atoms with Crippen LogP contribution in [0.15, 0.2) is 54.1 Å². The van der Waals surface area contributed by atoms with Gasteiger partial charge in [-0.15, -0.1) is 0 Å². The molecule has 26 heavy (non-hydrogen) atoms. The summed E-state index contributed by atoms with van der Waals surface area (Å²) in [5.41, 5.74) is 11.2. The maximum atomic E-state index is 3.87. The molecule has 0 heterocycles. The van der Waals surface area contributed by atoms with Crippen LogP contribution < -0.4 is 3.80 Å². The quantitative estimate of drug-likeness (QED) is 0.571. The monoisotopic (exact) mass is 379 g/mol. The number of anilines is 1. The van der Waals surface area contributed by atoms with E-state index < -0.39 is 19.4 Å². The van der Waals surface area contributed by atoms with Gasteiger partial charge in [0.15, 0.2) is 0 Å². The molecule has 1 N–H and O–H groups in total. The third-order valence-corrected chi connectivity index (χ3v) is 7.25. The molecule has 0 radical (unpaired) electrons. The van der Waals surface area contributed by atoms with Gasteiger partial charge in [-0.1, -0.05) is 0 Å². The molecule has 2 heteroatoms. The molecule has 134 valence electrons. The average molecular weight is 379 g/mol. The van der Waals surface area contributed by atoms with Crippen molar-refractivity contribution < 1.29 is 19.4 Å². The Bertz CT molecular complexity index is 864. The summed E-state index contributed by atoms with van der Waals surface area (Å²) < 4.78 is 4.03. The van der Waals surface area contributed by atoms with Gasteiger partial charge >= 0.3 is 168 Å². The van der Waals surface area contributed by atoms with Crippen molar-refractivity contribution in [2.24, 2.45) is 0 Å². The molecule has 0 saturated heterocycles. The summed E-state index contributed by atoms with van der Waals surface area (Å²) in [6, 6.07) is 13.6. The molecule has 0 bridgehead atoms. The Balaban J connectivity index is 1.89. The second kappa shape index (κ2) is 7.58. The first kappa shape index (κ1) is 19.2. The minimum absolute atomic E-state index is 0.163. The fourth-order valence-corrected chi connectivity index (χ4v) is 5.74. The van der Waals surface area contributed by atoms with Gasteiger partial charge in [0.2, 0.25) is 0 Å². The van der Waals surface area contributed by atoms with E-state index >= 15 is 0 Å². The van der Waals surface area contributed by atoms with E-state index in [4.69, 9.17) is 0 Å². The summed E-state index contributed by atoms with van der Waals surface area (Å²) in [5, 5.41) is 0. The molecule has 0 saturated carbocycles. The van der Waals surface area contributed by atoms with Crippen molar-refractivity contribution in [1.29, 1.82) is 0 Å². The van der Waals surface area contributed by atoms with Crippen molar-refractivity contribution in [2.45, 2.75) is 51.7 Å². The topological polar surface area (TPSA) is 12.0 Å². The number of hydrogen-bond donors (Lipinski definition) is 1. The molecule has 3 rings (SSSR count). The van der Waals surface area contributed by atoms with Gasteiger partial charge in [-0.2, -0.15) is 0 Å². The number of hydrogen-bond acceptors (Lipinski definition) is 1. The first-order valence-corrected chi connectivity index (χ1v) is 10.9. The van der Waals surface area contributed by atoms with Crippen LogP contribution in [0.1, 0.15) is 55.0 Å². The Morgan fingerprint density at radius 3 is 2.23 bits per heavy atom. The number of aryl methyl sites for hydroxylation is 3. The van der Waals surface area contributed by atoms with E-state index in [-0.39, 0.29) is 3.72 Å². The molecular weight excluding hydrogens is 350 g/mol. The molecule has 0 aliphatic heterocycles. The van der Waals surface area contributed by atoms with Gasteiger partial charge in [0.25, 0.3) is 0 Å². The number of nitrogens with one attached hydrogen (secondary N) is 1. The molecular formula is C24H29NTi. The van der Waals surface area contributed by atoms with Crippen molar-refractivity contribution in [3.05, 3.63) is 81.9 Å². The minimum atomic E-state index is -0.422. The second-order valence-corrected chi connectivity index (χ2v) is 10.7. The Labute approximate surface area is 167 Å². The molecule has 1 aliphatic rings. The third-order valence-electron chi connectivity index (χ3n) is 5.27. The van der Waals surface area contributed by atoms with Crippen molar-refractivity contribution in [3.8, 4) is 0 Å². The van der Waals surface area contributed by atoms with E-state index in [1.807, 2.05) is 0 Å². The predicted molar refractivity (Wildman–Crippen MR) is 110 cm³/mol. The first-order chi connectivity index (χ1) is 12.3. The number of allylic oxidation sites excluding steroid dienone is 4. The summed E-state index contributed by atoms with van der Waals surface area (Å²) >= 11 is -0.422. The van der Waals surface area contributed by atoms with Crippen LogP contribution in [0.5, 0.6) is 0 Å². The maximum absolute atomic E-state index is 3.87. The van der Waals surface area contributed by atoms with Gasteiger partial charge in [-0.25, -0.2) is 0 Å². The van der Waals surface area contributed by atoms with Gasteiger partial charge in [0, 0.05) is 0 Å². The molecule has 0 spiro atoms. The van der Waals surface area contributed by atoms with E-state index in [0.717, 1.165) is 6.42 Å². The molecule has 2 aromatic rings. The normalized spacial score (nSPS) is 14.1. The van der Waals surface area contributed by atoms with E-state index in [1.54, 1.807) is 0 Å². The Morgan fingerprint density at radius 1 is 0.962 bits per heavy atom. The number of rotatable bonds is 5. The zero-order valence-electron chi connectivity index (χ0n) is 16.8. The average Bonchev–Trinajstić information content (AvgIpc) is 2.99. The summed E-state index contributed by atoms with van der Waals surface area (Å²) in [7, 11) is 0. The van der Waals surface area contributed by atoms with Gasteiger partial charge in [-0.05, 0) is 0 Å². The van der Waals surface area contributed by atoms with Gasteiger partial charge in [0.1, 0.15) is 0 Å². The molecule has 0 unspecified atom stereocenters. The van der Waals surface area contributed by atoms with Crippen molar-refractivity contribution in [2.75, 3.05) is 3.80 Å². The second-order valence-electron chi connectivity index (χ2n) is 7.96. The van der Waals surface area contributed by atoms with Crippen LogP contribution in [0.2, 0.25) is 0 Å². The van der Waals surface area contributed by atoms with Gasteiger partial charge < -0.3 is 0 Å². The van der Waals surface area contributed by atoms with E-state index in [2.05, 4.69) is 93.9 Å². The van der Waals surface area contributed by atoms with Crippen LogP contribution in [0.4, 0.5) is 5.69 Å². The Kier molecular flexibility index (Phi) is 5.60. The van der Waals surface area contributed by atoms with Crippen LogP contribution >= 0.6 is 0 Å². The van der Waals surface area contributed by atoms with Crippen LogP contribution in [0.3, 0.4) is 0 Å². The summed E-state index contributed by atoms with van der Waals surface area (Å²) in [4.78, 5) is 0. The van der Waals surface area contributed by atoms with E-state index in [0.29, 0.717) is 0 Å². The van der Waals surface area contributed by atoms with Crippen LogP contribution in [-0.2, 0) is 23.1 Å². The zero-order chi connectivity index (χ0) is 18.9. The summed E-state index contributed by atoms with van der Waals surface area (Å²) in [6.07, 6.45) is 5.59. The van der Waals surface area contributed by atoms with Gasteiger partial charge in [-0.3, -0.25) is 0 Å². The van der Waals surface area contributed by atoms with Crippen LogP contribution in [0, 0.1) is 20.8 Å². The predicted octanol–water partition coefficient (Wildman–Crippen LogP) is 6.69. The zero-order valence-corrected chi connectivity index (χ0v) is 18.4. The fourth-order valence-electron chi connectivity index (χ4n) is 3.89. The Morgan fingerprint density at radius 2 is 1.62 bits per heavy atom. The molecule has 0 atom stereocenters. The molecule has 2 aromatic carbocycles. The van der Waals surface area contributed by atoms with Crippen LogP contribution in [0.25, 0.3) is 5.57 Å². The first-order valence-electron chi connectivity index (χ1n) is 9.37. The molecule has 1 aliphatic carbocycles. The summed E-state index contributed by atoms with van der Waals surface area (Å²) in [6.45, 7) is 13.6.